The summed E-state index contributed by atoms with van der Waals surface area (Å²) in [6.45, 7) is 0. The topological polar surface area (TPSA) is 24.9 Å². The lowest BCUT2D eigenvalue weighted by Gasteiger charge is -2.19. The summed E-state index contributed by atoms with van der Waals surface area (Å²) in [7, 11) is 1.98. The van der Waals surface area contributed by atoms with E-state index in [1.807, 2.05) is 31.4 Å². The number of nitrogens with one attached hydrogen (secondary N) is 1. The lowest BCUT2D eigenvalue weighted by molar-refractivity contribution is 0.686. The minimum Gasteiger partial charge on any atom is -0.309 e. The average Bonchev–Trinajstić information content (AvgIpc) is 2.51. The smallest absolute Gasteiger partial charge is 0.0702 e. The summed E-state index contributed by atoms with van der Waals surface area (Å²) in [5.41, 5.74) is 3.46. The third-order valence-electron chi connectivity index (χ3n) is 3.50. The van der Waals surface area contributed by atoms with Crippen molar-refractivity contribution in [3.05, 3.63) is 73.9 Å². The Kier molecular flexibility index (Phi) is 4.57. The Hall–Kier alpha value is -0.980. The number of aromatic nitrogens is 1. The number of benzene rings is 2. The van der Waals surface area contributed by atoms with Gasteiger partial charge in [0.2, 0.25) is 0 Å². The van der Waals surface area contributed by atoms with Crippen LogP contribution >= 0.6 is 38.5 Å². The van der Waals surface area contributed by atoms with Crippen molar-refractivity contribution in [1.29, 1.82) is 0 Å². The van der Waals surface area contributed by atoms with Crippen LogP contribution < -0.4 is 5.32 Å². The van der Waals surface area contributed by atoms with Crippen molar-refractivity contribution in [2.45, 2.75) is 6.04 Å². The molecule has 1 heterocycles. The summed E-state index contributed by atoms with van der Waals surface area (Å²) in [5, 5.41) is 4.57. The van der Waals surface area contributed by atoms with Crippen LogP contribution in [0.3, 0.4) is 0 Å². The summed E-state index contributed by atoms with van der Waals surface area (Å²) in [6, 6.07) is 16.9. The van der Waals surface area contributed by atoms with Gasteiger partial charge in [0.15, 0.2) is 0 Å². The lowest BCUT2D eigenvalue weighted by atomic mass is 9.99. The Balaban J connectivity index is 2.11. The number of halogens is 2. The molecule has 0 saturated carbocycles. The molecule has 21 heavy (non-hydrogen) atoms. The highest BCUT2D eigenvalue weighted by Crippen LogP contribution is 2.29. The third kappa shape index (κ3) is 3.12. The van der Waals surface area contributed by atoms with E-state index >= 15 is 0 Å². The molecule has 2 nitrogen and oxygen atoms in total. The Morgan fingerprint density at radius 3 is 2.76 bits per heavy atom. The predicted molar refractivity (Wildman–Crippen MR) is 99.5 cm³/mol. The van der Waals surface area contributed by atoms with Crippen molar-refractivity contribution in [2.75, 3.05) is 7.05 Å². The van der Waals surface area contributed by atoms with E-state index in [2.05, 4.69) is 79.2 Å². The average molecular weight is 453 g/mol. The van der Waals surface area contributed by atoms with Crippen LogP contribution in [0.25, 0.3) is 10.9 Å². The molecule has 106 valence electrons. The molecule has 2 aromatic carbocycles. The van der Waals surface area contributed by atoms with E-state index in [1.165, 1.54) is 20.1 Å². The maximum absolute atomic E-state index is 4.57. The second kappa shape index (κ2) is 6.42. The van der Waals surface area contributed by atoms with Gasteiger partial charge < -0.3 is 5.32 Å². The summed E-state index contributed by atoms with van der Waals surface area (Å²) >= 11 is 5.94. The quantitative estimate of drug-likeness (QED) is 0.571. The van der Waals surface area contributed by atoms with Crippen molar-refractivity contribution in [3.63, 3.8) is 0 Å². The van der Waals surface area contributed by atoms with Gasteiger partial charge in [0.05, 0.1) is 11.6 Å². The molecular weight excluding hydrogens is 439 g/mol. The third-order valence-corrected chi connectivity index (χ3v) is 4.98. The van der Waals surface area contributed by atoms with E-state index in [0.29, 0.717) is 0 Å². The van der Waals surface area contributed by atoms with Crippen LogP contribution in [0.15, 0.2) is 59.2 Å². The molecule has 0 aliphatic rings. The largest absolute Gasteiger partial charge is 0.309 e. The first-order valence-corrected chi connectivity index (χ1v) is 8.53. The highest BCUT2D eigenvalue weighted by Gasteiger charge is 2.16. The molecule has 1 unspecified atom stereocenters. The molecule has 1 aromatic heterocycles. The number of hydrogen-bond acceptors (Lipinski definition) is 2. The zero-order valence-electron chi connectivity index (χ0n) is 11.5. The summed E-state index contributed by atoms with van der Waals surface area (Å²) in [6.07, 6.45) is 1.96. The first-order chi connectivity index (χ1) is 10.2. The Bertz CT molecular complexity index is 789. The normalized spacial score (nSPS) is 12.5. The molecule has 0 bridgehead atoms. The number of rotatable bonds is 3. The molecule has 0 aliphatic carbocycles. The van der Waals surface area contributed by atoms with Gasteiger partial charge in [-0.05, 0) is 71.1 Å². The molecule has 1 N–H and O–H groups in total. The maximum Gasteiger partial charge on any atom is 0.0702 e. The molecule has 0 radical (unpaired) electrons. The SMILES string of the molecule is CNC(c1cnc2ccccc2c1)c1cc(Br)ccc1I. The summed E-state index contributed by atoms with van der Waals surface area (Å²) < 4.78 is 2.33. The van der Waals surface area contributed by atoms with Crippen LogP contribution in [0.1, 0.15) is 17.2 Å². The second-order valence-corrected chi connectivity index (χ2v) is 6.93. The fourth-order valence-electron chi connectivity index (χ4n) is 2.48. The van der Waals surface area contributed by atoms with Crippen molar-refractivity contribution >= 4 is 49.4 Å². The van der Waals surface area contributed by atoms with E-state index in [4.69, 9.17) is 0 Å². The molecule has 3 rings (SSSR count). The lowest BCUT2D eigenvalue weighted by Crippen LogP contribution is -2.19. The van der Waals surface area contributed by atoms with Crippen LogP contribution in [-0.2, 0) is 0 Å². The van der Waals surface area contributed by atoms with E-state index < -0.39 is 0 Å². The molecule has 0 fully saturated rings. The Labute approximate surface area is 146 Å². The molecule has 0 aliphatic heterocycles. The number of pyridine rings is 1. The van der Waals surface area contributed by atoms with Gasteiger partial charge in [0.25, 0.3) is 0 Å². The Morgan fingerprint density at radius 1 is 1.14 bits per heavy atom. The molecule has 4 heteroatoms. The fraction of sp³-hybridized carbons (Fsp3) is 0.118. The van der Waals surface area contributed by atoms with Crippen LogP contribution in [0.4, 0.5) is 0 Å². The minimum absolute atomic E-state index is 0.131. The van der Waals surface area contributed by atoms with Crippen LogP contribution in [0.2, 0.25) is 0 Å². The minimum atomic E-state index is 0.131. The molecule has 3 aromatic rings. The van der Waals surface area contributed by atoms with Gasteiger partial charge in [-0.15, -0.1) is 0 Å². The highest BCUT2D eigenvalue weighted by atomic mass is 127. The zero-order chi connectivity index (χ0) is 14.8. The highest BCUT2D eigenvalue weighted by molar-refractivity contribution is 14.1. The first-order valence-electron chi connectivity index (χ1n) is 6.66. The zero-order valence-corrected chi connectivity index (χ0v) is 15.2. The van der Waals surface area contributed by atoms with E-state index in [0.717, 1.165) is 9.99 Å². The summed E-state index contributed by atoms with van der Waals surface area (Å²) in [4.78, 5) is 4.57. The molecule has 0 saturated heterocycles. The molecule has 0 amide bonds. The van der Waals surface area contributed by atoms with Gasteiger partial charge in [-0.1, -0.05) is 34.1 Å². The van der Waals surface area contributed by atoms with Gasteiger partial charge in [0.1, 0.15) is 0 Å². The monoisotopic (exact) mass is 452 g/mol. The van der Waals surface area contributed by atoms with E-state index in [1.54, 1.807) is 0 Å². The van der Waals surface area contributed by atoms with Gasteiger partial charge >= 0.3 is 0 Å². The van der Waals surface area contributed by atoms with Crippen molar-refractivity contribution < 1.29 is 0 Å². The number of para-hydroxylation sites is 1. The van der Waals surface area contributed by atoms with E-state index in [9.17, 15) is 0 Å². The fourth-order valence-corrected chi connectivity index (χ4v) is 3.51. The van der Waals surface area contributed by atoms with E-state index in [-0.39, 0.29) is 6.04 Å². The van der Waals surface area contributed by atoms with Gasteiger partial charge in [0, 0.05) is 19.6 Å². The Morgan fingerprint density at radius 2 is 1.95 bits per heavy atom. The van der Waals surface area contributed by atoms with Crippen LogP contribution in [0.5, 0.6) is 0 Å². The summed E-state index contributed by atoms with van der Waals surface area (Å²) in [5.74, 6) is 0. The van der Waals surface area contributed by atoms with Crippen molar-refractivity contribution in [1.82, 2.24) is 10.3 Å². The first kappa shape index (κ1) is 14.9. The number of fused-ring (bicyclic) bond motifs is 1. The predicted octanol–water partition coefficient (Wildman–Crippen LogP) is 4.91. The van der Waals surface area contributed by atoms with Gasteiger partial charge in [-0.25, -0.2) is 0 Å². The van der Waals surface area contributed by atoms with Crippen molar-refractivity contribution in [3.8, 4) is 0 Å². The number of hydrogen-bond donors (Lipinski definition) is 1. The molecule has 1 atom stereocenters. The number of nitrogens with zero attached hydrogens (tertiary/aromatic N) is 1. The van der Waals surface area contributed by atoms with Crippen LogP contribution in [0, 0.1) is 3.57 Å². The maximum atomic E-state index is 4.57. The van der Waals surface area contributed by atoms with Gasteiger partial charge in [-0.2, -0.15) is 0 Å². The molecular formula is C17H14BrIN2. The van der Waals surface area contributed by atoms with Crippen LogP contribution in [-0.4, -0.2) is 12.0 Å². The standard InChI is InChI=1S/C17H14BrIN2/c1-20-17(14-9-13(18)6-7-15(14)19)12-8-11-4-2-3-5-16(11)21-10-12/h2-10,17,20H,1H3. The molecule has 0 spiro atoms. The second-order valence-electron chi connectivity index (χ2n) is 4.85. The van der Waals surface area contributed by atoms with Crippen molar-refractivity contribution in [2.24, 2.45) is 0 Å². The van der Waals surface area contributed by atoms with Gasteiger partial charge in [-0.3, -0.25) is 4.98 Å².